The van der Waals surface area contributed by atoms with Crippen molar-refractivity contribution in [2.24, 2.45) is 0 Å². The molecular weight excluding hydrogens is 491 g/mol. The Hall–Kier alpha value is -3.45. The summed E-state index contributed by atoms with van der Waals surface area (Å²) < 4.78 is 58.4. The highest BCUT2D eigenvalue weighted by molar-refractivity contribution is 7.85. The van der Waals surface area contributed by atoms with E-state index in [1.165, 1.54) is 11.7 Å². The largest absolute Gasteiger partial charge is 0.495 e. The highest BCUT2D eigenvalue weighted by atomic mass is 32.2. The van der Waals surface area contributed by atoms with E-state index in [2.05, 4.69) is 22.5 Å². The quantitative estimate of drug-likeness (QED) is 0.348. The van der Waals surface area contributed by atoms with Gasteiger partial charge in [0.1, 0.15) is 18.6 Å². The van der Waals surface area contributed by atoms with Crippen molar-refractivity contribution in [3.8, 4) is 17.6 Å². The van der Waals surface area contributed by atoms with Gasteiger partial charge in [-0.2, -0.15) is 13.2 Å². The van der Waals surface area contributed by atoms with Gasteiger partial charge in [-0.3, -0.25) is 9.00 Å². The topological polar surface area (TPSA) is 72.4 Å². The maximum Gasteiger partial charge on any atom is 0.406 e. The van der Waals surface area contributed by atoms with Crippen LogP contribution in [-0.4, -0.2) is 52.4 Å². The van der Waals surface area contributed by atoms with Crippen molar-refractivity contribution in [2.45, 2.75) is 31.6 Å². The summed E-state index contributed by atoms with van der Waals surface area (Å²) in [4.78, 5) is 11.0. The van der Waals surface area contributed by atoms with Crippen LogP contribution in [0.4, 0.5) is 24.5 Å². The molecule has 0 bridgehead atoms. The third-order valence-corrected chi connectivity index (χ3v) is 7.36. The van der Waals surface area contributed by atoms with Gasteiger partial charge in [0.05, 0.1) is 30.6 Å². The maximum atomic E-state index is 13.4. The van der Waals surface area contributed by atoms with Crippen LogP contribution >= 0.6 is 0 Å². The lowest BCUT2D eigenvalue weighted by atomic mass is 10.1. The van der Waals surface area contributed by atoms with Crippen molar-refractivity contribution >= 4 is 39.4 Å². The van der Waals surface area contributed by atoms with Crippen LogP contribution in [0.5, 0.6) is 5.75 Å². The smallest absolute Gasteiger partial charge is 0.406 e. The minimum Gasteiger partial charge on any atom is -0.495 e. The summed E-state index contributed by atoms with van der Waals surface area (Å²) in [7, 11) is 0.684. The minimum absolute atomic E-state index is 0.124. The lowest BCUT2D eigenvalue weighted by Gasteiger charge is -2.24. The zero-order chi connectivity index (χ0) is 25.7. The predicted octanol–water partition coefficient (Wildman–Crippen LogP) is 4.81. The first kappa shape index (κ1) is 25.6. The van der Waals surface area contributed by atoms with Gasteiger partial charge in [0.15, 0.2) is 0 Å². The molecule has 1 aliphatic rings. The average molecular weight is 518 g/mol. The second-order valence-corrected chi connectivity index (χ2v) is 10.2. The van der Waals surface area contributed by atoms with Crippen molar-refractivity contribution in [1.82, 2.24) is 4.57 Å². The number of hydrogen-bond donors (Lipinski definition) is 2. The zero-order valence-electron chi connectivity index (χ0n) is 19.7. The highest BCUT2D eigenvalue weighted by Gasteiger charge is 2.30. The van der Waals surface area contributed by atoms with Gasteiger partial charge in [0, 0.05) is 45.0 Å². The molecule has 0 spiro atoms. The van der Waals surface area contributed by atoms with Crippen molar-refractivity contribution in [2.75, 3.05) is 35.8 Å². The van der Waals surface area contributed by atoms with E-state index in [1.807, 2.05) is 6.07 Å². The summed E-state index contributed by atoms with van der Waals surface area (Å²) >= 11 is 0. The molecule has 190 valence electrons. The van der Waals surface area contributed by atoms with Crippen molar-refractivity contribution in [1.29, 1.82) is 0 Å². The molecule has 4 rings (SSSR count). The van der Waals surface area contributed by atoms with Crippen LogP contribution in [0.1, 0.15) is 28.9 Å². The second kappa shape index (κ2) is 11.1. The van der Waals surface area contributed by atoms with E-state index in [1.54, 1.807) is 36.4 Å². The number of aldehydes is 1. The zero-order valence-corrected chi connectivity index (χ0v) is 20.5. The van der Waals surface area contributed by atoms with Crippen LogP contribution in [0.3, 0.4) is 0 Å². The Balaban J connectivity index is 1.60. The van der Waals surface area contributed by atoms with Crippen LogP contribution in [0.15, 0.2) is 42.5 Å². The molecule has 0 unspecified atom stereocenters. The first-order chi connectivity index (χ1) is 17.3. The van der Waals surface area contributed by atoms with Gasteiger partial charge in [0.2, 0.25) is 0 Å². The Labute approximate surface area is 209 Å². The van der Waals surface area contributed by atoms with Crippen LogP contribution in [0.2, 0.25) is 0 Å². The van der Waals surface area contributed by atoms with Crippen molar-refractivity contribution in [3.05, 3.63) is 53.7 Å². The number of nitrogens with zero attached hydrogens (tertiary/aromatic N) is 1. The summed E-state index contributed by atoms with van der Waals surface area (Å²) in [5.74, 6) is 7.48. The summed E-state index contributed by atoms with van der Waals surface area (Å²) in [5.41, 5.74) is 2.53. The lowest BCUT2D eigenvalue weighted by molar-refractivity contribution is -0.140. The summed E-state index contributed by atoms with van der Waals surface area (Å²) in [5, 5.41) is 7.17. The molecule has 0 saturated carbocycles. The molecule has 1 aromatic heterocycles. The average Bonchev–Trinajstić information content (AvgIpc) is 3.20. The SMILES string of the molecule is COc1cc(C=O)ccc1NCC#Cc1cc2c(NC3CCS(=O)CC3)cccc2n1CC(F)(F)F. The minimum atomic E-state index is -4.41. The molecule has 36 heavy (non-hydrogen) atoms. The van der Waals surface area contributed by atoms with E-state index < -0.39 is 23.5 Å². The van der Waals surface area contributed by atoms with Gasteiger partial charge >= 0.3 is 6.18 Å². The van der Waals surface area contributed by atoms with Crippen molar-refractivity contribution < 1.29 is 26.9 Å². The molecule has 6 nitrogen and oxygen atoms in total. The summed E-state index contributed by atoms with van der Waals surface area (Å²) in [6, 6.07) is 11.9. The van der Waals surface area contributed by atoms with Gasteiger partial charge in [-0.25, -0.2) is 0 Å². The number of carbonyl (C=O) groups is 1. The van der Waals surface area contributed by atoms with Crippen LogP contribution < -0.4 is 15.4 Å². The molecule has 0 amide bonds. The number of hydrogen-bond acceptors (Lipinski definition) is 5. The molecular formula is C26H26F3N3O3S. The number of alkyl halides is 3. The molecule has 1 fully saturated rings. The molecule has 2 aromatic carbocycles. The fourth-order valence-corrected chi connectivity index (χ4v) is 5.52. The number of carbonyl (C=O) groups excluding carboxylic acids is 1. The van der Waals surface area contributed by atoms with Crippen LogP contribution in [0.25, 0.3) is 10.9 Å². The molecule has 1 saturated heterocycles. The van der Waals surface area contributed by atoms with Gasteiger partial charge in [-0.1, -0.05) is 12.0 Å². The summed E-state index contributed by atoms with van der Waals surface area (Å²) in [6.45, 7) is -0.991. The molecule has 2 N–H and O–H groups in total. The van der Waals surface area contributed by atoms with E-state index in [4.69, 9.17) is 4.74 Å². The Morgan fingerprint density at radius 1 is 1.17 bits per heavy atom. The predicted molar refractivity (Wildman–Crippen MR) is 136 cm³/mol. The van der Waals surface area contributed by atoms with Gasteiger partial charge in [0.25, 0.3) is 0 Å². The van der Waals surface area contributed by atoms with Crippen LogP contribution in [0, 0.1) is 11.8 Å². The number of benzene rings is 2. The van der Waals surface area contributed by atoms with E-state index in [0.29, 0.717) is 45.7 Å². The lowest BCUT2D eigenvalue weighted by Crippen LogP contribution is -2.29. The molecule has 0 aliphatic carbocycles. The third kappa shape index (κ3) is 6.21. The van der Waals surface area contributed by atoms with Crippen LogP contribution in [-0.2, 0) is 17.3 Å². The highest BCUT2D eigenvalue weighted by Crippen LogP contribution is 2.31. The fraction of sp³-hybridized carbons (Fsp3) is 0.346. The monoisotopic (exact) mass is 517 g/mol. The number of methoxy groups -OCH3 is 1. The normalized spacial score (nSPS) is 17.8. The van der Waals surface area contributed by atoms with Gasteiger partial charge in [-0.05, 0) is 55.2 Å². The fourth-order valence-electron chi connectivity index (χ4n) is 4.22. The molecule has 0 atom stereocenters. The second-order valence-electron chi connectivity index (χ2n) is 8.47. The van der Waals surface area contributed by atoms with E-state index in [-0.39, 0.29) is 18.3 Å². The molecule has 10 heteroatoms. The van der Waals surface area contributed by atoms with E-state index >= 15 is 0 Å². The molecule has 2 heterocycles. The molecule has 1 aliphatic heterocycles. The molecule has 0 radical (unpaired) electrons. The Bertz CT molecular complexity index is 1330. The number of nitrogens with one attached hydrogen (secondary N) is 2. The number of anilines is 2. The Morgan fingerprint density at radius 2 is 1.94 bits per heavy atom. The third-order valence-electron chi connectivity index (χ3n) is 5.98. The van der Waals surface area contributed by atoms with Gasteiger partial charge in [-0.15, -0.1) is 0 Å². The maximum absolute atomic E-state index is 13.4. The first-order valence-electron chi connectivity index (χ1n) is 11.4. The number of rotatable bonds is 7. The number of halogens is 3. The molecule has 3 aromatic rings. The van der Waals surface area contributed by atoms with E-state index in [9.17, 15) is 22.2 Å². The Kier molecular flexibility index (Phi) is 7.89. The standard InChI is InChI=1S/C26H26F3N3O3S/c1-35-25-14-18(16-33)7-8-23(25)30-11-3-4-20-15-21-22(31-19-9-12-36(34)13-10-19)5-2-6-24(21)32(20)17-26(27,28)29/h2,5-8,14-16,19,30-31H,9-13,17H2,1H3. The van der Waals surface area contributed by atoms with E-state index in [0.717, 1.165) is 18.5 Å². The first-order valence-corrected chi connectivity index (χ1v) is 12.9. The number of aromatic nitrogens is 1. The summed E-state index contributed by atoms with van der Waals surface area (Å²) in [6.07, 6.45) is -2.20. The number of ether oxygens (including phenoxy) is 1. The van der Waals surface area contributed by atoms with Gasteiger partial charge < -0.3 is 19.9 Å². The van der Waals surface area contributed by atoms with Crippen molar-refractivity contribution in [3.63, 3.8) is 0 Å². The Morgan fingerprint density at radius 3 is 2.64 bits per heavy atom. The number of fused-ring (bicyclic) bond motifs is 1.